The molecule has 20 heavy (non-hydrogen) atoms. The Hall–Kier alpha value is -1.52. The predicted molar refractivity (Wildman–Crippen MR) is 84.0 cm³/mol. The van der Waals surface area contributed by atoms with Crippen LogP contribution in [0.3, 0.4) is 0 Å². The summed E-state index contributed by atoms with van der Waals surface area (Å²) in [6, 6.07) is 14.1. The van der Waals surface area contributed by atoms with Crippen LogP contribution < -0.4 is 5.32 Å². The molecule has 5 heteroatoms. The Bertz CT molecular complexity index is 604. The first kappa shape index (κ1) is 14.9. The third-order valence-electron chi connectivity index (χ3n) is 2.79. The Labute approximate surface area is 131 Å². The lowest BCUT2D eigenvalue weighted by Crippen LogP contribution is -2.22. The number of nitrogens with one attached hydrogen (secondary N) is 1. The normalized spacial score (nSPS) is 11.8. The minimum absolute atomic E-state index is 0.378. The van der Waals surface area contributed by atoms with E-state index in [9.17, 15) is 4.79 Å². The number of benzene rings is 2. The van der Waals surface area contributed by atoms with E-state index in [4.69, 9.17) is 16.3 Å². The second-order valence-electron chi connectivity index (χ2n) is 4.13. The van der Waals surface area contributed by atoms with Crippen molar-refractivity contribution in [2.75, 3.05) is 12.4 Å². The minimum Gasteiger partial charge on any atom is -0.467 e. The van der Waals surface area contributed by atoms with Gasteiger partial charge in [-0.05, 0) is 30.3 Å². The number of rotatable bonds is 4. The molecule has 2 aromatic carbocycles. The summed E-state index contributed by atoms with van der Waals surface area (Å²) >= 11 is 9.45. The highest BCUT2D eigenvalue weighted by molar-refractivity contribution is 9.10. The molecule has 0 aliphatic rings. The van der Waals surface area contributed by atoms with Crippen LogP contribution in [0.15, 0.2) is 53.0 Å². The van der Waals surface area contributed by atoms with Gasteiger partial charge in [-0.25, -0.2) is 4.79 Å². The van der Waals surface area contributed by atoms with Gasteiger partial charge in [0.25, 0.3) is 0 Å². The number of carbonyl (C=O) groups excluding carboxylic acids is 1. The molecule has 1 N–H and O–H groups in total. The summed E-state index contributed by atoms with van der Waals surface area (Å²) in [5, 5.41) is 3.71. The molecule has 0 aromatic heterocycles. The van der Waals surface area contributed by atoms with Gasteiger partial charge < -0.3 is 10.1 Å². The molecule has 0 saturated heterocycles. The number of hydrogen-bond donors (Lipinski definition) is 1. The zero-order valence-corrected chi connectivity index (χ0v) is 13.1. The van der Waals surface area contributed by atoms with E-state index in [-0.39, 0.29) is 5.97 Å². The fourth-order valence-electron chi connectivity index (χ4n) is 1.82. The van der Waals surface area contributed by atoms with E-state index in [1.165, 1.54) is 7.11 Å². The van der Waals surface area contributed by atoms with Gasteiger partial charge in [-0.1, -0.05) is 45.7 Å². The van der Waals surface area contributed by atoms with Crippen LogP contribution in [0.4, 0.5) is 5.69 Å². The second-order valence-corrected chi connectivity index (χ2v) is 5.42. The van der Waals surface area contributed by atoms with Crippen molar-refractivity contribution >= 4 is 39.2 Å². The second kappa shape index (κ2) is 6.77. The average molecular weight is 355 g/mol. The van der Waals surface area contributed by atoms with Crippen LogP contribution in [-0.4, -0.2) is 13.1 Å². The van der Waals surface area contributed by atoms with Crippen molar-refractivity contribution in [2.24, 2.45) is 0 Å². The van der Waals surface area contributed by atoms with Crippen LogP contribution in [0.2, 0.25) is 5.02 Å². The number of esters is 1. The van der Waals surface area contributed by atoms with E-state index in [1.807, 2.05) is 30.3 Å². The number of methoxy groups -OCH3 is 1. The van der Waals surface area contributed by atoms with Crippen LogP contribution in [0.5, 0.6) is 0 Å². The summed E-state index contributed by atoms with van der Waals surface area (Å²) in [4.78, 5) is 12.0. The molecule has 1 unspecified atom stereocenters. The number of hydrogen-bond acceptors (Lipinski definition) is 3. The maximum absolute atomic E-state index is 12.0. The molecule has 0 spiro atoms. The van der Waals surface area contributed by atoms with Gasteiger partial charge in [-0.3, -0.25) is 0 Å². The Morgan fingerprint density at radius 2 is 1.95 bits per heavy atom. The van der Waals surface area contributed by atoms with Gasteiger partial charge in [-0.15, -0.1) is 0 Å². The smallest absolute Gasteiger partial charge is 0.333 e. The number of halogens is 2. The lowest BCUT2D eigenvalue weighted by molar-refractivity contribution is -0.141. The molecule has 1 atom stereocenters. The van der Waals surface area contributed by atoms with Crippen molar-refractivity contribution in [3.63, 3.8) is 0 Å². The topological polar surface area (TPSA) is 38.3 Å². The molecular formula is C15H13BrClNO2. The number of carbonyl (C=O) groups is 1. The van der Waals surface area contributed by atoms with Gasteiger partial charge >= 0.3 is 5.97 Å². The van der Waals surface area contributed by atoms with Crippen LogP contribution in [0.1, 0.15) is 11.6 Å². The Morgan fingerprint density at radius 3 is 2.60 bits per heavy atom. The molecule has 2 aromatic rings. The van der Waals surface area contributed by atoms with Crippen molar-refractivity contribution in [2.45, 2.75) is 6.04 Å². The molecule has 0 aliphatic heterocycles. The van der Waals surface area contributed by atoms with Crippen LogP contribution in [-0.2, 0) is 9.53 Å². The van der Waals surface area contributed by atoms with Gasteiger partial charge in [0.2, 0.25) is 0 Å². The fraction of sp³-hybridized carbons (Fsp3) is 0.133. The monoisotopic (exact) mass is 353 g/mol. The predicted octanol–water partition coefficient (Wildman–Crippen LogP) is 4.43. The molecule has 0 heterocycles. The van der Waals surface area contributed by atoms with Crippen molar-refractivity contribution in [1.29, 1.82) is 0 Å². The standard InChI is InChI=1S/C15H13BrClNO2/c1-20-15(19)14(18-11-5-3-2-4-6-11)12-9-10(17)7-8-13(12)16/h2-9,14,18H,1H3. The Morgan fingerprint density at radius 1 is 1.25 bits per heavy atom. The van der Waals surface area contributed by atoms with Crippen LogP contribution in [0, 0.1) is 0 Å². The van der Waals surface area contributed by atoms with Crippen molar-refractivity contribution in [3.8, 4) is 0 Å². The molecule has 0 amide bonds. The fourth-order valence-corrected chi connectivity index (χ4v) is 2.47. The van der Waals surface area contributed by atoms with Crippen molar-refractivity contribution < 1.29 is 9.53 Å². The summed E-state index contributed by atoms with van der Waals surface area (Å²) in [5.74, 6) is -0.378. The Balaban J connectivity index is 2.37. The first-order chi connectivity index (χ1) is 9.61. The van der Waals surface area contributed by atoms with E-state index < -0.39 is 6.04 Å². The summed E-state index contributed by atoms with van der Waals surface area (Å²) in [7, 11) is 1.36. The molecular weight excluding hydrogens is 342 g/mol. The van der Waals surface area contributed by atoms with Gasteiger partial charge in [-0.2, -0.15) is 0 Å². The molecule has 0 radical (unpaired) electrons. The highest BCUT2D eigenvalue weighted by Gasteiger charge is 2.23. The van der Waals surface area contributed by atoms with Crippen LogP contribution >= 0.6 is 27.5 Å². The van der Waals surface area contributed by atoms with Crippen molar-refractivity contribution in [3.05, 3.63) is 63.6 Å². The lowest BCUT2D eigenvalue weighted by atomic mass is 10.1. The van der Waals surface area contributed by atoms with Crippen molar-refractivity contribution in [1.82, 2.24) is 0 Å². The highest BCUT2D eigenvalue weighted by Crippen LogP contribution is 2.30. The first-order valence-electron chi connectivity index (χ1n) is 5.96. The van der Waals surface area contributed by atoms with E-state index in [1.54, 1.807) is 18.2 Å². The Kier molecular flexibility index (Phi) is 5.04. The lowest BCUT2D eigenvalue weighted by Gasteiger charge is -2.19. The summed E-state index contributed by atoms with van der Waals surface area (Å²) in [6.07, 6.45) is 0. The number of para-hydroxylation sites is 1. The van der Waals surface area contributed by atoms with Gasteiger partial charge in [0.1, 0.15) is 0 Å². The van der Waals surface area contributed by atoms with E-state index in [2.05, 4.69) is 21.2 Å². The molecule has 0 fully saturated rings. The molecule has 0 aliphatic carbocycles. The zero-order chi connectivity index (χ0) is 14.5. The molecule has 0 bridgehead atoms. The molecule has 0 saturated carbocycles. The van der Waals surface area contributed by atoms with Gasteiger partial charge in [0.15, 0.2) is 6.04 Å². The number of ether oxygens (including phenoxy) is 1. The average Bonchev–Trinajstić information content (AvgIpc) is 2.48. The third kappa shape index (κ3) is 3.52. The molecule has 3 nitrogen and oxygen atoms in total. The van der Waals surface area contributed by atoms with Gasteiger partial charge in [0, 0.05) is 20.7 Å². The summed E-state index contributed by atoms with van der Waals surface area (Å²) < 4.78 is 5.66. The van der Waals surface area contributed by atoms with Gasteiger partial charge in [0.05, 0.1) is 7.11 Å². The van der Waals surface area contributed by atoms with Crippen LogP contribution in [0.25, 0.3) is 0 Å². The summed E-state index contributed by atoms with van der Waals surface area (Å²) in [5.41, 5.74) is 1.56. The first-order valence-corrected chi connectivity index (χ1v) is 7.13. The number of anilines is 1. The SMILES string of the molecule is COC(=O)C(Nc1ccccc1)c1cc(Cl)ccc1Br. The maximum atomic E-state index is 12.0. The third-order valence-corrected chi connectivity index (χ3v) is 3.75. The summed E-state index contributed by atoms with van der Waals surface area (Å²) in [6.45, 7) is 0. The maximum Gasteiger partial charge on any atom is 0.333 e. The minimum atomic E-state index is -0.629. The largest absolute Gasteiger partial charge is 0.467 e. The van der Waals surface area contributed by atoms with E-state index in [0.717, 1.165) is 15.7 Å². The van der Waals surface area contributed by atoms with E-state index in [0.29, 0.717) is 5.02 Å². The molecule has 2 rings (SSSR count). The van der Waals surface area contributed by atoms with E-state index >= 15 is 0 Å². The zero-order valence-electron chi connectivity index (χ0n) is 10.8. The quantitative estimate of drug-likeness (QED) is 0.826. The highest BCUT2D eigenvalue weighted by atomic mass is 79.9. The molecule has 104 valence electrons.